The molecule has 0 unspecified atom stereocenters. The van der Waals surface area contributed by atoms with Crippen LogP contribution in [0.25, 0.3) is 0 Å². The number of hydrogen-bond acceptors (Lipinski definition) is 3. The summed E-state index contributed by atoms with van der Waals surface area (Å²) in [6.45, 7) is 3.83. The molecule has 0 radical (unpaired) electrons. The van der Waals surface area contributed by atoms with Gasteiger partial charge in [-0.15, -0.1) is 0 Å². The van der Waals surface area contributed by atoms with E-state index in [-0.39, 0.29) is 23.8 Å². The van der Waals surface area contributed by atoms with Gasteiger partial charge in [0.15, 0.2) is 0 Å². The largest absolute Gasteiger partial charge is 0.490 e. The average Bonchev–Trinajstić information content (AvgIpc) is 3.41. The van der Waals surface area contributed by atoms with Crippen molar-refractivity contribution in [1.82, 2.24) is 0 Å². The van der Waals surface area contributed by atoms with Crippen molar-refractivity contribution in [2.75, 3.05) is 10.6 Å². The number of hydrogen-bond donors (Lipinski definition) is 2. The van der Waals surface area contributed by atoms with E-state index >= 15 is 0 Å². The summed E-state index contributed by atoms with van der Waals surface area (Å²) >= 11 is 3.40. The molecule has 5 nitrogen and oxygen atoms in total. The second-order valence-electron chi connectivity index (χ2n) is 6.60. The number of anilines is 2. The highest BCUT2D eigenvalue weighted by Crippen LogP contribution is 2.30. The van der Waals surface area contributed by atoms with Gasteiger partial charge in [0.2, 0.25) is 5.91 Å². The van der Waals surface area contributed by atoms with Gasteiger partial charge in [-0.3, -0.25) is 9.59 Å². The summed E-state index contributed by atoms with van der Waals surface area (Å²) in [5.41, 5.74) is 1.85. The number of nitrogens with one attached hydrogen (secondary N) is 2. The van der Waals surface area contributed by atoms with Crippen molar-refractivity contribution in [1.29, 1.82) is 0 Å². The molecule has 0 aliphatic heterocycles. The number of amides is 2. The van der Waals surface area contributed by atoms with Gasteiger partial charge >= 0.3 is 0 Å². The van der Waals surface area contributed by atoms with E-state index in [9.17, 15) is 9.59 Å². The van der Waals surface area contributed by atoms with Crippen LogP contribution in [-0.2, 0) is 4.79 Å². The Morgan fingerprint density at radius 3 is 2.23 bits per heavy atom. The lowest BCUT2D eigenvalue weighted by Gasteiger charge is -2.15. The van der Waals surface area contributed by atoms with Crippen LogP contribution in [0.1, 0.15) is 37.0 Å². The van der Waals surface area contributed by atoms with Crippen LogP contribution in [0.3, 0.4) is 0 Å². The molecule has 136 valence electrons. The normalized spacial score (nSPS) is 13.4. The SMILES string of the molecule is CC(C)Oc1cc(Br)ccc1C(=O)Nc1ccc(NC(=O)C2CC2)cc1. The predicted octanol–water partition coefficient (Wildman–Crippen LogP) is 4.84. The first-order valence-electron chi connectivity index (χ1n) is 8.61. The predicted molar refractivity (Wildman–Crippen MR) is 106 cm³/mol. The molecule has 0 spiro atoms. The Morgan fingerprint density at radius 2 is 1.65 bits per heavy atom. The Balaban J connectivity index is 1.68. The monoisotopic (exact) mass is 416 g/mol. The number of benzene rings is 2. The molecule has 0 bridgehead atoms. The molecule has 0 saturated heterocycles. The molecule has 0 heterocycles. The third-order valence-corrected chi connectivity index (χ3v) is 4.40. The van der Waals surface area contributed by atoms with Crippen molar-refractivity contribution < 1.29 is 14.3 Å². The molecule has 2 amide bonds. The topological polar surface area (TPSA) is 67.4 Å². The maximum atomic E-state index is 12.6. The number of carbonyl (C=O) groups is 2. The molecule has 0 aromatic heterocycles. The summed E-state index contributed by atoms with van der Waals surface area (Å²) in [6, 6.07) is 12.4. The molecular weight excluding hydrogens is 396 g/mol. The summed E-state index contributed by atoms with van der Waals surface area (Å²) in [6.07, 6.45) is 1.90. The van der Waals surface area contributed by atoms with Crippen molar-refractivity contribution in [3.63, 3.8) is 0 Å². The van der Waals surface area contributed by atoms with Crippen molar-refractivity contribution in [3.05, 3.63) is 52.5 Å². The van der Waals surface area contributed by atoms with Gasteiger partial charge in [0.05, 0.1) is 11.7 Å². The minimum atomic E-state index is -0.247. The number of halogens is 1. The van der Waals surface area contributed by atoms with Crippen LogP contribution in [0.5, 0.6) is 5.75 Å². The highest BCUT2D eigenvalue weighted by Gasteiger charge is 2.29. The molecule has 1 aliphatic rings. The molecule has 1 aliphatic carbocycles. The summed E-state index contributed by atoms with van der Waals surface area (Å²) < 4.78 is 6.59. The summed E-state index contributed by atoms with van der Waals surface area (Å²) in [4.78, 5) is 24.4. The molecule has 2 aromatic carbocycles. The van der Waals surface area contributed by atoms with Gasteiger partial charge in [-0.1, -0.05) is 15.9 Å². The first-order chi connectivity index (χ1) is 12.4. The first kappa shape index (κ1) is 18.5. The lowest BCUT2D eigenvalue weighted by atomic mass is 10.1. The van der Waals surface area contributed by atoms with Gasteiger partial charge in [0.1, 0.15) is 5.75 Å². The quantitative estimate of drug-likeness (QED) is 0.707. The third kappa shape index (κ3) is 4.85. The standard InChI is InChI=1S/C20H21BrN2O3/c1-12(2)26-18-11-14(21)5-10-17(18)20(25)23-16-8-6-15(7-9-16)22-19(24)13-3-4-13/h5-13H,3-4H2,1-2H3,(H,22,24)(H,23,25). The van der Waals surface area contributed by atoms with E-state index in [1.807, 2.05) is 13.8 Å². The van der Waals surface area contributed by atoms with Crippen molar-refractivity contribution in [3.8, 4) is 5.75 Å². The number of carbonyl (C=O) groups excluding carboxylic acids is 2. The van der Waals surface area contributed by atoms with E-state index in [0.717, 1.165) is 23.0 Å². The van der Waals surface area contributed by atoms with Crippen LogP contribution in [0.15, 0.2) is 46.9 Å². The third-order valence-electron chi connectivity index (χ3n) is 3.91. The first-order valence-corrected chi connectivity index (χ1v) is 9.40. The number of ether oxygens (including phenoxy) is 1. The fourth-order valence-corrected chi connectivity index (χ4v) is 2.80. The number of rotatable bonds is 6. The highest BCUT2D eigenvalue weighted by molar-refractivity contribution is 9.10. The molecule has 26 heavy (non-hydrogen) atoms. The molecule has 2 N–H and O–H groups in total. The molecule has 0 atom stereocenters. The maximum Gasteiger partial charge on any atom is 0.259 e. The zero-order valence-electron chi connectivity index (χ0n) is 14.7. The molecule has 6 heteroatoms. The summed E-state index contributed by atoms with van der Waals surface area (Å²) in [7, 11) is 0. The van der Waals surface area contributed by atoms with Gasteiger partial charge < -0.3 is 15.4 Å². The zero-order valence-corrected chi connectivity index (χ0v) is 16.3. The summed E-state index contributed by atoms with van der Waals surface area (Å²) in [5.74, 6) is 0.501. The van der Waals surface area contributed by atoms with E-state index < -0.39 is 0 Å². The van der Waals surface area contributed by atoms with Crippen LogP contribution < -0.4 is 15.4 Å². The molecule has 1 saturated carbocycles. The van der Waals surface area contributed by atoms with Crippen LogP contribution in [0.2, 0.25) is 0 Å². The average molecular weight is 417 g/mol. The van der Waals surface area contributed by atoms with Crippen LogP contribution in [-0.4, -0.2) is 17.9 Å². The molecule has 3 rings (SSSR count). The van der Waals surface area contributed by atoms with Crippen molar-refractivity contribution in [2.45, 2.75) is 32.8 Å². The lowest BCUT2D eigenvalue weighted by molar-refractivity contribution is -0.117. The fourth-order valence-electron chi connectivity index (χ4n) is 2.46. The van der Waals surface area contributed by atoms with Gasteiger partial charge in [0, 0.05) is 21.8 Å². The molecule has 2 aromatic rings. The van der Waals surface area contributed by atoms with E-state index in [0.29, 0.717) is 17.0 Å². The van der Waals surface area contributed by atoms with E-state index in [1.165, 1.54) is 0 Å². The van der Waals surface area contributed by atoms with Gasteiger partial charge in [0.25, 0.3) is 5.91 Å². The minimum absolute atomic E-state index is 0.0368. The molecule has 1 fully saturated rings. The fraction of sp³-hybridized carbons (Fsp3) is 0.300. The Kier molecular flexibility index (Phi) is 5.61. The zero-order chi connectivity index (χ0) is 18.7. The Bertz CT molecular complexity index is 814. The van der Waals surface area contributed by atoms with Crippen LogP contribution >= 0.6 is 15.9 Å². The lowest BCUT2D eigenvalue weighted by Crippen LogP contribution is -2.16. The Hall–Kier alpha value is -2.34. The van der Waals surface area contributed by atoms with E-state index in [4.69, 9.17) is 4.74 Å². The van der Waals surface area contributed by atoms with Crippen molar-refractivity contribution in [2.24, 2.45) is 5.92 Å². The second-order valence-corrected chi connectivity index (χ2v) is 7.52. The highest BCUT2D eigenvalue weighted by atomic mass is 79.9. The van der Waals surface area contributed by atoms with Gasteiger partial charge in [-0.05, 0) is 69.2 Å². The smallest absolute Gasteiger partial charge is 0.259 e. The minimum Gasteiger partial charge on any atom is -0.490 e. The van der Waals surface area contributed by atoms with Gasteiger partial charge in [-0.2, -0.15) is 0 Å². The Labute approximate surface area is 161 Å². The summed E-state index contributed by atoms with van der Waals surface area (Å²) in [5, 5.41) is 5.74. The van der Waals surface area contributed by atoms with E-state index in [1.54, 1.807) is 42.5 Å². The van der Waals surface area contributed by atoms with Crippen LogP contribution in [0, 0.1) is 5.92 Å². The van der Waals surface area contributed by atoms with Crippen LogP contribution in [0.4, 0.5) is 11.4 Å². The Morgan fingerprint density at radius 1 is 1.04 bits per heavy atom. The second kappa shape index (κ2) is 7.91. The van der Waals surface area contributed by atoms with Crippen molar-refractivity contribution >= 4 is 39.1 Å². The van der Waals surface area contributed by atoms with Gasteiger partial charge in [-0.25, -0.2) is 0 Å². The van der Waals surface area contributed by atoms with E-state index in [2.05, 4.69) is 26.6 Å². The molecular formula is C20H21BrN2O3. The maximum absolute atomic E-state index is 12.6.